The molecule has 0 fully saturated rings. The molecule has 0 amide bonds. The Labute approximate surface area is 146 Å². The van der Waals surface area contributed by atoms with E-state index in [1.54, 1.807) is 7.11 Å². The van der Waals surface area contributed by atoms with E-state index in [-0.39, 0.29) is 25.6 Å². The highest BCUT2D eigenvalue weighted by Crippen LogP contribution is 2.27. The third kappa shape index (κ3) is 4.00. The Morgan fingerprint density at radius 2 is 1.80 bits per heavy atom. The van der Waals surface area contributed by atoms with Gasteiger partial charge < -0.3 is 18.6 Å². The fraction of sp³-hybridized carbons (Fsp3) is 0.250. The molecule has 0 aliphatic rings. The van der Waals surface area contributed by atoms with Crippen molar-refractivity contribution in [2.45, 2.75) is 13.5 Å². The zero-order chi connectivity index (χ0) is 17.6. The molecule has 0 bridgehead atoms. The molecule has 2 aromatic carbocycles. The number of para-hydroxylation sites is 1. The number of ether oxygens (including phenoxy) is 3. The fourth-order valence-corrected chi connectivity index (χ4v) is 2.55. The Kier molecular flexibility index (Phi) is 5.36. The molecule has 0 atom stereocenters. The molecule has 0 saturated heterocycles. The first-order chi connectivity index (χ1) is 12.2. The van der Waals surface area contributed by atoms with Crippen molar-refractivity contribution in [1.82, 2.24) is 0 Å². The minimum atomic E-state index is -0.518. The van der Waals surface area contributed by atoms with Crippen LogP contribution < -0.4 is 4.74 Å². The van der Waals surface area contributed by atoms with Crippen LogP contribution in [0.15, 0.2) is 52.9 Å². The van der Waals surface area contributed by atoms with E-state index in [0.29, 0.717) is 11.1 Å². The maximum absolute atomic E-state index is 12.3. The summed E-state index contributed by atoms with van der Waals surface area (Å²) >= 11 is 0. The number of fused-ring (bicyclic) bond motifs is 1. The van der Waals surface area contributed by atoms with Gasteiger partial charge in [0.25, 0.3) is 0 Å². The average molecular weight is 340 g/mol. The number of benzene rings is 2. The van der Waals surface area contributed by atoms with E-state index in [9.17, 15) is 4.79 Å². The van der Waals surface area contributed by atoms with Crippen LogP contribution in [0, 0.1) is 6.92 Å². The summed E-state index contributed by atoms with van der Waals surface area (Å²) in [5.41, 5.74) is 2.49. The summed E-state index contributed by atoms with van der Waals surface area (Å²) in [5, 5.41) is 0.854. The Hall–Kier alpha value is -2.79. The van der Waals surface area contributed by atoms with Crippen molar-refractivity contribution in [3.63, 3.8) is 0 Å². The smallest absolute Gasteiger partial charge is 0.374 e. The van der Waals surface area contributed by atoms with Crippen molar-refractivity contribution in [3.05, 3.63) is 65.4 Å². The molecule has 5 heteroatoms. The second-order valence-corrected chi connectivity index (χ2v) is 5.64. The molecule has 0 N–H and O–H groups in total. The molecule has 0 aliphatic heterocycles. The molecule has 25 heavy (non-hydrogen) atoms. The lowest BCUT2D eigenvalue weighted by molar-refractivity contribution is 0.0412. The van der Waals surface area contributed by atoms with E-state index in [0.717, 1.165) is 16.7 Å². The van der Waals surface area contributed by atoms with Gasteiger partial charge in [0, 0.05) is 18.1 Å². The minimum Gasteiger partial charge on any atom is -0.490 e. The number of carbonyl (C=O) groups excluding carboxylic acids is 1. The normalized spacial score (nSPS) is 10.8. The van der Waals surface area contributed by atoms with E-state index in [4.69, 9.17) is 18.6 Å². The van der Waals surface area contributed by atoms with Crippen LogP contribution in [0.4, 0.5) is 0 Å². The molecular weight excluding hydrogens is 320 g/mol. The highest BCUT2D eigenvalue weighted by molar-refractivity contribution is 5.96. The van der Waals surface area contributed by atoms with E-state index in [1.165, 1.54) is 0 Å². The van der Waals surface area contributed by atoms with Crippen molar-refractivity contribution < 1.29 is 23.4 Å². The number of esters is 1. The van der Waals surface area contributed by atoms with Gasteiger partial charge in [-0.3, -0.25) is 0 Å². The van der Waals surface area contributed by atoms with Crippen LogP contribution in [-0.4, -0.2) is 26.3 Å². The number of furan rings is 1. The summed E-state index contributed by atoms with van der Waals surface area (Å²) in [7, 11) is 1.58. The molecule has 0 saturated carbocycles. The van der Waals surface area contributed by atoms with Crippen molar-refractivity contribution in [1.29, 1.82) is 0 Å². The predicted molar refractivity (Wildman–Crippen MR) is 93.9 cm³/mol. The third-order valence-electron chi connectivity index (χ3n) is 3.78. The summed E-state index contributed by atoms with van der Waals surface area (Å²) in [5.74, 6) is 0.402. The largest absolute Gasteiger partial charge is 0.490 e. The molecule has 0 spiro atoms. The lowest BCUT2D eigenvalue weighted by atomic mass is 10.1. The fourth-order valence-electron chi connectivity index (χ4n) is 2.55. The van der Waals surface area contributed by atoms with Gasteiger partial charge in [-0.25, -0.2) is 4.79 Å². The highest BCUT2D eigenvalue weighted by atomic mass is 16.6. The first-order valence-electron chi connectivity index (χ1n) is 8.05. The minimum absolute atomic E-state index is 0.135. The maximum Gasteiger partial charge on any atom is 0.374 e. The van der Waals surface area contributed by atoms with Crippen LogP contribution in [0.2, 0.25) is 0 Å². The topological polar surface area (TPSA) is 57.9 Å². The second-order valence-electron chi connectivity index (χ2n) is 5.64. The summed E-state index contributed by atoms with van der Waals surface area (Å²) in [6.07, 6.45) is 0. The lowest BCUT2D eigenvalue weighted by Gasteiger charge is -2.07. The van der Waals surface area contributed by atoms with Crippen LogP contribution >= 0.6 is 0 Å². The number of aryl methyl sites for hydroxylation is 1. The number of hydrogen-bond acceptors (Lipinski definition) is 5. The van der Waals surface area contributed by atoms with Gasteiger partial charge in [0.2, 0.25) is 5.76 Å². The predicted octanol–water partition coefficient (Wildman–Crippen LogP) is 4.12. The molecule has 1 heterocycles. The Bertz CT molecular complexity index is 848. The Morgan fingerprint density at radius 1 is 1.04 bits per heavy atom. The van der Waals surface area contributed by atoms with Crippen LogP contribution in [0.1, 0.15) is 21.7 Å². The van der Waals surface area contributed by atoms with Crippen LogP contribution in [-0.2, 0) is 16.1 Å². The van der Waals surface area contributed by atoms with Crippen LogP contribution in [0.25, 0.3) is 11.0 Å². The van der Waals surface area contributed by atoms with Gasteiger partial charge in [0.1, 0.15) is 24.5 Å². The number of carbonyl (C=O) groups is 1. The standard InChI is InChI=1S/C20H20O5/c1-14-7-9-15(10-8-14)23-11-12-24-20(21)19-17(13-22-2)16-5-3-4-6-18(16)25-19/h3-10H,11-13H2,1-2H3. The van der Waals surface area contributed by atoms with E-state index in [1.807, 2.05) is 55.5 Å². The van der Waals surface area contributed by atoms with E-state index in [2.05, 4.69) is 0 Å². The van der Waals surface area contributed by atoms with Gasteiger partial charge in [-0.2, -0.15) is 0 Å². The van der Waals surface area contributed by atoms with Gasteiger partial charge >= 0.3 is 5.97 Å². The molecular formula is C20H20O5. The van der Waals surface area contributed by atoms with Gasteiger partial charge in [-0.15, -0.1) is 0 Å². The average Bonchev–Trinajstić information content (AvgIpc) is 2.99. The SMILES string of the molecule is COCc1c(C(=O)OCCOc2ccc(C)cc2)oc2ccccc12. The zero-order valence-corrected chi connectivity index (χ0v) is 14.3. The molecule has 5 nitrogen and oxygen atoms in total. The maximum atomic E-state index is 12.3. The first-order valence-corrected chi connectivity index (χ1v) is 8.05. The third-order valence-corrected chi connectivity index (χ3v) is 3.78. The van der Waals surface area contributed by atoms with Crippen molar-refractivity contribution in [3.8, 4) is 5.75 Å². The molecule has 0 radical (unpaired) electrons. The monoisotopic (exact) mass is 340 g/mol. The van der Waals surface area contributed by atoms with Gasteiger partial charge in [0.05, 0.1) is 6.61 Å². The van der Waals surface area contributed by atoms with Crippen molar-refractivity contribution in [2.75, 3.05) is 20.3 Å². The zero-order valence-electron chi connectivity index (χ0n) is 14.3. The molecule has 130 valence electrons. The molecule has 1 aromatic heterocycles. The summed E-state index contributed by atoms with van der Waals surface area (Å²) in [6.45, 7) is 2.70. The Morgan fingerprint density at radius 3 is 2.56 bits per heavy atom. The van der Waals surface area contributed by atoms with Crippen LogP contribution in [0.5, 0.6) is 5.75 Å². The van der Waals surface area contributed by atoms with Gasteiger partial charge in [0.15, 0.2) is 0 Å². The first kappa shape index (κ1) is 17.0. The summed E-state index contributed by atoms with van der Waals surface area (Å²) in [4.78, 5) is 12.3. The summed E-state index contributed by atoms with van der Waals surface area (Å²) in [6, 6.07) is 15.1. The number of rotatable bonds is 7. The second kappa shape index (κ2) is 7.85. The quantitative estimate of drug-likeness (QED) is 0.478. The summed E-state index contributed by atoms with van der Waals surface area (Å²) < 4.78 is 21.7. The van der Waals surface area contributed by atoms with Crippen molar-refractivity contribution in [2.24, 2.45) is 0 Å². The van der Waals surface area contributed by atoms with E-state index >= 15 is 0 Å². The Balaban J connectivity index is 1.62. The molecule has 0 aliphatic carbocycles. The highest BCUT2D eigenvalue weighted by Gasteiger charge is 2.21. The molecule has 3 rings (SSSR count). The van der Waals surface area contributed by atoms with Crippen LogP contribution in [0.3, 0.4) is 0 Å². The number of methoxy groups -OCH3 is 1. The lowest BCUT2D eigenvalue weighted by Crippen LogP contribution is -2.13. The van der Waals surface area contributed by atoms with E-state index < -0.39 is 5.97 Å². The van der Waals surface area contributed by atoms with Gasteiger partial charge in [-0.1, -0.05) is 35.9 Å². The molecule has 0 unspecified atom stereocenters. The van der Waals surface area contributed by atoms with Gasteiger partial charge in [-0.05, 0) is 25.1 Å². The van der Waals surface area contributed by atoms with Crippen molar-refractivity contribution >= 4 is 16.9 Å². The molecule has 3 aromatic rings. The number of hydrogen-bond donors (Lipinski definition) is 0.